The highest BCUT2D eigenvalue weighted by Gasteiger charge is 2.31. The molecule has 1 aromatic heterocycles. The summed E-state index contributed by atoms with van der Waals surface area (Å²) in [7, 11) is 0. The minimum absolute atomic E-state index is 0.147. The van der Waals surface area contributed by atoms with Crippen LogP contribution in [0.15, 0.2) is 35.1 Å². The number of hydrogen-bond donors (Lipinski definition) is 0. The van der Waals surface area contributed by atoms with Crippen LogP contribution >= 0.6 is 0 Å². The SMILES string of the molecule is CCOC(=O)Cn1nc(C2CC2)n(-c2ccccc2)c1=O. The van der Waals surface area contributed by atoms with Crippen molar-refractivity contribution < 1.29 is 9.53 Å². The zero-order chi connectivity index (χ0) is 14.8. The fraction of sp³-hybridized carbons (Fsp3) is 0.400. The first kappa shape index (κ1) is 13.6. The van der Waals surface area contributed by atoms with Gasteiger partial charge in [0.1, 0.15) is 12.4 Å². The van der Waals surface area contributed by atoms with E-state index in [4.69, 9.17) is 4.74 Å². The lowest BCUT2D eigenvalue weighted by atomic mass is 10.3. The van der Waals surface area contributed by atoms with Crippen LogP contribution in [-0.4, -0.2) is 26.9 Å². The molecule has 0 saturated heterocycles. The summed E-state index contributed by atoms with van der Waals surface area (Å²) >= 11 is 0. The second-order valence-corrected chi connectivity index (χ2v) is 5.05. The Morgan fingerprint density at radius 2 is 2.05 bits per heavy atom. The first-order chi connectivity index (χ1) is 10.2. The predicted octanol–water partition coefficient (Wildman–Crippen LogP) is 1.47. The fourth-order valence-corrected chi connectivity index (χ4v) is 2.28. The van der Waals surface area contributed by atoms with Crippen LogP contribution in [0.3, 0.4) is 0 Å². The number of carbonyl (C=O) groups excluding carboxylic acids is 1. The zero-order valence-electron chi connectivity index (χ0n) is 11.9. The van der Waals surface area contributed by atoms with E-state index in [1.165, 1.54) is 4.68 Å². The number of ether oxygens (including phenoxy) is 1. The van der Waals surface area contributed by atoms with Crippen molar-refractivity contribution in [2.24, 2.45) is 0 Å². The molecule has 1 fully saturated rings. The highest BCUT2D eigenvalue weighted by molar-refractivity contribution is 5.68. The summed E-state index contributed by atoms with van der Waals surface area (Å²) in [5, 5.41) is 4.34. The normalized spacial score (nSPS) is 14.1. The van der Waals surface area contributed by atoms with Gasteiger partial charge in [-0.1, -0.05) is 18.2 Å². The summed E-state index contributed by atoms with van der Waals surface area (Å²) in [6.07, 6.45) is 2.06. The van der Waals surface area contributed by atoms with Gasteiger partial charge >= 0.3 is 11.7 Å². The van der Waals surface area contributed by atoms with Crippen LogP contribution in [0, 0.1) is 0 Å². The Balaban J connectivity index is 2.01. The van der Waals surface area contributed by atoms with Crippen molar-refractivity contribution in [3.05, 3.63) is 46.6 Å². The van der Waals surface area contributed by atoms with Gasteiger partial charge in [-0.3, -0.25) is 4.79 Å². The van der Waals surface area contributed by atoms with Gasteiger partial charge in [0.25, 0.3) is 0 Å². The van der Waals surface area contributed by atoms with Gasteiger partial charge in [-0.05, 0) is 31.9 Å². The van der Waals surface area contributed by atoms with Crippen molar-refractivity contribution in [1.82, 2.24) is 14.3 Å². The van der Waals surface area contributed by atoms with E-state index in [1.807, 2.05) is 30.3 Å². The van der Waals surface area contributed by atoms with Crippen LogP contribution in [0.25, 0.3) is 5.69 Å². The topological polar surface area (TPSA) is 66.1 Å². The Hall–Kier alpha value is -2.37. The number of carbonyl (C=O) groups is 1. The largest absolute Gasteiger partial charge is 0.465 e. The molecule has 6 nitrogen and oxygen atoms in total. The number of benzene rings is 1. The van der Waals surface area contributed by atoms with Crippen LogP contribution in [0.5, 0.6) is 0 Å². The summed E-state index contributed by atoms with van der Waals surface area (Å²) in [5.74, 6) is 0.594. The smallest absolute Gasteiger partial charge is 0.351 e. The van der Waals surface area contributed by atoms with Gasteiger partial charge in [0.15, 0.2) is 0 Å². The molecule has 1 aliphatic carbocycles. The molecule has 110 valence electrons. The molecular formula is C15H17N3O3. The Bertz CT molecular complexity index is 699. The lowest BCUT2D eigenvalue weighted by Gasteiger charge is -2.03. The molecular weight excluding hydrogens is 270 g/mol. The lowest BCUT2D eigenvalue weighted by Crippen LogP contribution is -2.28. The maximum Gasteiger partial charge on any atom is 0.351 e. The van der Waals surface area contributed by atoms with Gasteiger partial charge in [-0.15, -0.1) is 0 Å². The van der Waals surface area contributed by atoms with Crippen molar-refractivity contribution in [3.63, 3.8) is 0 Å². The third-order valence-corrected chi connectivity index (χ3v) is 3.41. The van der Waals surface area contributed by atoms with E-state index in [1.54, 1.807) is 11.5 Å². The van der Waals surface area contributed by atoms with E-state index >= 15 is 0 Å². The molecule has 0 aliphatic heterocycles. The standard InChI is InChI=1S/C15H17N3O3/c1-2-21-13(19)10-17-15(20)18(12-6-4-3-5-7-12)14(16-17)11-8-9-11/h3-7,11H,2,8-10H2,1H3. The molecule has 2 aromatic rings. The molecule has 0 radical (unpaired) electrons. The maximum absolute atomic E-state index is 12.5. The summed E-state index contributed by atoms with van der Waals surface area (Å²) in [6.45, 7) is 1.88. The second kappa shape index (κ2) is 5.55. The van der Waals surface area contributed by atoms with E-state index in [0.717, 1.165) is 24.4 Å². The molecule has 0 spiro atoms. The summed E-state index contributed by atoms with van der Waals surface area (Å²) < 4.78 is 7.67. The molecule has 0 atom stereocenters. The number of para-hydroxylation sites is 1. The third kappa shape index (κ3) is 2.74. The first-order valence-electron chi connectivity index (χ1n) is 7.11. The molecule has 0 N–H and O–H groups in total. The minimum atomic E-state index is -0.445. The van der Waals surface area contributed by atoms with Gasteiger partial charge < -0.3 is 4.74 Å². The average molecular weight is 287 g/mol. The summed E-state index contributed by atoms with van der Waals surface area (Å²) in [4.78, 5) is 24.1. The molecule has 3 rings (SSSR count). The number of nitrogens with zero attached hydrogens (tertiary/aromatic N) is 3. The highest BCUT2D eigenvalue weighted by Crippen LogP contribution is 2.39. The summed E-state index contributed by atoms with van der Waals surface area (Å²) in [5.41, 5.74) is 0.482. The van der Waals surface area contributed by atoms with E-state index in [0.29, 0.717) is 12.5 Å². The van der Waals surface area contributed by atoms with E-state index in [9.17, 15) is 9.59 Å². The number of aromatic nitrogens is 3. The molecule has 0 bridgehead atoms. The molecule has 0 amide bonds. The third-order valence-electron chi connectivity index (χ3n) is 3.41. The first-order valence-corrected chi connectivity index (χ1v) is 7.11. The molecule has 0 unspecified atom stereocenters. The van der Waals surface area contributed by atoms with Gasteiger partial charge in [0.05, 0.1) is 12.3 Å². The van der Waals surface area contributed by atoms with Crippen molar-refractivity contribution in [2.75, 3.05) is 6.61 Å². The zero-order valence-corrected chi connectivity index (χ0v) is 11.9. The minimum Gasteiger partial charge on any atom is -0.465 e. The van der Waals surface area contributed by atoms with E-state index < -0.39 is 5.97 Å². The molecule has 21 heavy (non-hydrogen) atoms. The van der Waals surface area contributed by atoms with Gasteiger partial charge in [0, 0.05) is 5.92 Å². The van der Waals surface area contributed by atoms with E-state index in [2.05, 4.69) is 5.10 Å². The lowest BCUT2D eigenvalue weighted by molar-refractivity contribution is -0.144. The van der Waals surface area contributed by atoms with Gasteiger partial charge in [0.2, 0.25) is 0 Å². The van der Waals surface area contributed by atoms with Gasteiger partial charge in [-0.25, -0.2) is 14.0 Å². The predicted molar refractivity (Wildman–Crippen MR) is 76.4 cm³/mol. The van der Waals surface area contributed by atoms with Crippen molar-refractivity contribution in [1.29, 1.82) is 0 Å². The van der Waals surface area contributed by atoms with Crippen LogP contribution in [-0.2, 0) is 16.1 Å². The Labute approximate surface area is 122 Å². The number of esters is 1. The van der Waals surface area contributed by atoms with Crippen LogP contribution in [0.2, 0.25) is 0 Å². The van der Waals surface area contributed by atoms with Crippen LogP contribution < -0.4 is 5.69 Å². The Morgan fingerprint density at radius 3 is 2.67 bits per heavy atom. The molecule has 1 aliphatic rings. The monoisotopic (exact) mass is 287 g/mol. The van der Waals surface area contributed by atoms with Crippen LogP contribution in [0.1, 0.15) is 31.5 Å². The Morgan fingerprint density at radius 1 is 1.33 bits per heavy atom. The van der Waals surface area contributed by atoms with Crippen molar-refractivity contribution in [2.45, 2.75) is 32.2 Å². The average Bonchev–Trinajstić information content (AvgIpc) is 3.27. The van der Waals surface area contributed by atoms with Crippen molar-refractivity contribution in [3.8, 4) is 5.69 Å². The number of rotatable bonds is 5. The summed E-state index contributed by atoms with van der Waals surface area (Å²) in [6, 6.07) is 9.38. The van der Waals surface area contributed by atoms with Crippen molar-refractivity contribution >= 4 is 5.97 Å². The Kier molecular flexibility index (Phi) is 3.60. The second-order valence-electron chi connectivity index (χ2n) is 5.05. The fourth-order valence-electron chi connectivity index (χ4n) is 2.28. The van der Waals surface area contributed by atoms with E-state index in [-0.39, 0.29) is 12.2 Å². The van der Waals surface area contributed by atoms with Crippen LogP contribution in [0.4, 0.5) is 0 Å². The molecule has 1 aromatic carbocycles. The van der Waals surface area contributed by atoms with Gasteiger partial charge in [-0.2, -0.15) is 5.10 Å². The number of hydrogen-bond acceptors (Lipinski definition) is 4. The molecule has 1 saturated carbocycles. The maximum atomic E-state index is 12.5. The quantitative estimate of drug-likeness (QED) is 0.781. The molecule has 6 heteroatoms. The highest BCUT2D eigenvalue weighted by atomic mass is 16.5. The molecule has 1 heterocycles.